The molecule has 1 aromatic rings. The molecule has 1 amide bonds. The second kappa shape index (κ2) is 7.21. The van der Waals surface area contributed by atoms with Crippen LogP contribution in [0.5, 0.6) is 5.75 Å². The first-order chi connectivity index (χ1) is 11.6. The van der Waals surface area contributed by atoms with E-state index in [2.05, 4.69) is 0 Å². The van der Waals surface area contributed by atoms with Crippen LogP contribution in [0.1, 0.15) is 42.1 Å². The molecule has 2 heterocycles. The Kier molecular flexibility index (Phi) is 5.04. The average molecular weight is 333 g/mol. The summed E-state index contributed by atoms with van der Waals surface area (Å²) in [5, 5.41) is 9.13. The molecule has 6 nitrogen and oxygen atoms in total. The van der Waals surface area contributed by atoms with Crippen LogP contribution in [0.3, 0.4) is 0 Å². The molecule has 0 aromatic heterocycles. The van der Waals surface area contributed by atoms with Crippen LogP contribution in [0, 0.1) is 5.92 Å². The van der Waals surface area contributed by atoms with Crippen LogP contribution in [-0.4, -0.2) is 47.7 Å². The van der Waals surface area contributed by atoms with E-state index < -0.39 is 5.97 Å². The number of hydrogen-bond donors (Lipinski definition) is 1. The number of carbonyl (C=O) groups excluding carboxylic acids is 1. The lowest BCUT2D eigenvalue weighted by Crippen LogP contribution is -2.45. The number of carbonyl (C=O) groups is 2. The van der Waals surface area contributed by atoms with Crippen LogP contribution in [0.15, 0.2) is 18.2 Å². The SMILES string of the molecule is CC[C@H]1COc2cc(C(=O)O)ccc2CN1C(=O)C1CCOCC1. The van der Waals surface area contributed by atoms with Crippen LogP contribution in [-0.2, 0) is 16.1 Å². The smallest absolute Gasteiger partial charge is 0.335 e. The lowest BCUT2D eigenvalue weighted by molar-refractivity contribution is -0.142. The van der Waals surface area contributed by atoms with Crippen molar-refractivity contribution in [2.75, 3.05) is 19.8 Å². The summed E-state index contributed by atoms with van der Waals surface area (Å²) in [6.45, 7) is 4.16. The Hall–Kier alpha value is -2.08. The lowest BCUT2D eigenvalue weighted by atomic mass is 9.97. The summed E-state index contributed by atoms with van der Waals surface area (Å²) < 4.78 is 11.2. The Bertz CT molecular complexity index is 624. The fourth-order valence-electron chi connectivity index (χ4n) is 3.32. The van der Waals surface area contributed by atoms with E-state index in [1.54, 1.807) is 18.2 Å². The summed E-state index contributed by atoms with van der Waals surface area (Å²) in [7, 11) is 0. The number of ether oxygens (including phenoxy) is 2. The lowest BCUT2D eigenvalue weighted by Gasteiger charge is -2.33. The van der Waals surface area contributed by atoms with E-state index in [-0.39, 0.29) is 23.4 Å². The molecule has 0 radical (unpaired) electrons. The average Bonchev–Trinajstić information content (AvgIpc) is 2.80. The highest BCUT2D eigenvalue weighted by atomic mass is 16.5. The van der Waals surface area contributed by atoms with E-state index in [4.69, 9.17) is 14.6 Å². The third-order valence-corrected chi connectivity index (χ3v) is 4.85. The van der Waals surface area contributed by atoms with Gasteiger partial charge in [-0.1, -0.05) is 13.0 Å². The fourth-order valence-corrected chi connectivity index (χ4v) is 3.32. The first-order valence-electron chi connectivity index (χ1n) is 8.47. The molecule has 1 fully saturated rings. The zero-order valence-corrected chi connectivity index (χ0v) is 13.9. The van der Waals surface area contributed by atoms with Crippen molar-refractivity contribution in [2.45, 2.75) is 38.8 Å². The molecule has 0 spiro atoms. The Balaban J connectivity index is 1.85. The van der Waals surface area contributed by atoms with E-state index in [9.17, 15) is 9.59 Å². The van der Waals surface area contributed by atoms with Gasteiger partial charge in [-0.3, -0.25) is 4.79 Å². The van der Waals surface area contributed by atoms with Gasteiger partial charge in [-0.05, 0) is 31.4 Å². The van der Waals surface area contributed by atoms with Gasteiger partial charge in [0.2, 0.25) is 5.91 Å². The molecule has 130 valence electrons. The number of carboxylic acids is 1. The van der Waals surface area contributed by atoms with Crippen LogP contribution >= 0.6 is 0 Å². The minimum absolute atomic E-state index is 0.000947. The standard InChI is InChI=1S/C18H23NO5/c1-2-15-11-24-16-9-13(18(21)22)3-4-14(16)10-19(15)17(20)12-5-7-23-8-6-12/h3-4,9,12,15H,2,5-8,10-11H2,1H3,(H,21,22)/t15-/m0/s1. The maximum absolute atomic E-state index is 13.0. The van der Waals surface area contributed by atoms with Crippen molar-refractivity contribution in [1.82, 2.24) is 4.90 Å². The first-order valence-corrected chi connectivity index (χ1v) is 8.47. The molecule has 1 aromatic carbocycles. The molecule has 2 aliphatic rings. The van der Waals surface area contributed by atoms with Crippen molar-refractivity contribution in [1.29, 1.82) is 0 Å². The first kappa shape index (κ1) is 16.8. The largest absolute Gasteiger partial charge is 0.491 e. The number of benzene rings is 1. The van der Waals surface area contributed by atoms with Gasteiger partial charge in [-0.15, -0.1) is 0 Å². The highest BCUT2D eigenvalue weighted by Gasteiger charge is 2.33. The Labute approximate surface area is 141 Å². The minimum Gasteiger partial charge on any atom is -0.491 e. The molecule has 24 heavy (non-hydrogen) atoms. The summed E-state index contributed by atoms with van der Waals surface area (Å²) in [5.41, 5.74) is 1.06. The van der Waals surface area contributed by atoms with Gasteiger partial charge in [0.05, 0.1) is 11.6 Å². The molecule has 3 rings (SSSR count). The van der Waals surface area contributed by atoms with Crippen LogP contribution < -0.4 is 4.74 Å². The second-order valence-corrected chi connectivity index (χ2v) is 6.35. The van der Waals surface area contributed by atoms with Gasteiger partial charge in [0.1, 0.15) is 12.4 Å². The molecule has 0 aliphatic carbocycles. The number of carboxylic acid groups (broad SMARTS) is 1. The fraction of sp³-hybridized carbons (Fsp3) is 0.556. The summed E-state index contributed by atoms with van der Waals surface area (Å²) in [6, 6.07) is 4.86. The third kappa shape index (κ3) is 3.38. The summed E-state index contributed by atoms with van der Waals surface area (Å²) >= 11 is 0. The summed E-state index contributed by atoms with van der Waals surface area (Å²) in [5.74, 6) is -0.250. The number of rotatable bonds is 3. The highest BCUT2D eigenvalue weighted by Crippen LogP contribution is 2.29. The van der Waals surface area contributed by atoms with Crippen LogP contribution in [0.4, 0.5) is 0 Å². The predicted octanol–water partition coefficient (Wildman–Crippen LogP) is 2.31. The van der Waals surface area contributed by atoms with Gasteiger partial charge in [-0.25, -0.2) is 4.79 Å². The maximum atomic E-state index is 13.0. The Morgan fingerprint density at radius 1 is 1.29 bits per heavy atom. The van der Waals surface area contributed by atoms with Crippen molar-refractivity contribution in [3.05, 3.63) is 29.3 Å². The van der Waals surface area contributed by atoms with Gasteiger partial charge in [0.15, 0.2) is 0 Å². The van der Waals surface area contributed by atoms with Gasteiger partial charge < -0.3 is 19.5 Å². The number of nitrogens with zero attached hydrogens (tertiary/aromatic N) is 1. The third-order valence-electron chi connectivity index (χ3n) is 4.85. The predicted molar refractivity (Wildman–Crippen MR) is 87.1 cm³/mol. The topological polar surface area (TPSA) is 76.1 Å². The van der Waals surface area contributed by atoms with Crippen molar-refractivity contribution in [2.24, 2.45) is 5.92 Å². The molecular formula is C18H23NO5. The van der Waals surface area contributed by atoms with Gasteiger partial charge >= 0.3 is 5.97 Å². The molecule has 1 N–H and O–H groups in total. The zero-order chi connectivity index (χ0) is 17.1. The van der Waals surface area contributed by atoms with E-state index in [0.717, 1.165) is 24.8 Å². The quantitative estimate of drug-likeness (QED) is 0.918. The Morgan fingerprint density at radius 3 is 2.71 bits per heavy atom. The molecule has 0 unspecified atom stereocenters. The maximum Gasteiger partial charge on any atom is 0.335 e. The van der Waals surface area contributed by atoms with Gasteiger partial charge in [-0.2, -0.15) is 0 Å². The monoisotopic (exact) mass is 333 g/mol. The van der Waals surface area contributed by atoms with Crippen molar-refractivity contribution < 1.29 is 24.2 Å². The normalized spacial score (nSPS) is 21.5. The summed E-state index contributed by atoms with van der Waals surface area (Å²) in [4.78, 5) is 26.0. The molecule has 0 saturated carbocycles. The molecule has 1 atom stereocenters. The summed E-state index contributed by atoms with van der Waals surface area (Å²) in [6.07, 6.45) is 2.32. The van der Waals surface area contributed by atoms with Crippen molar-refractivity contribution >= 4 is 11.9 Å². The van der Waals surface area contributed by atoms with Crippen molar-refractivity contribution in [3.63, 3.8) is 0 Å². The van der Waals surface area contributed by atoms with E-state index >= 15 is 0 Å². The number of aromatic carboxylic acids is 1. The molecule has 6 heteroatoms. The van der Waals surface area contributed by atoms with Crippen molar-refractivity contribution in [3.8, 4) is 5.75 Å². The highest BCUT2D eigenvalue weighted by molar-refractivity contribution is 5.88. The molecule has 1 saturated heterocycles. The molecule has 0 bridgehead atoms. The Morgan fingerprint density at radius 2 is 2.04 bits per heavy atom. The number of hydrogen-bond acceptors (Lipinski definition) is 4. The minimum atomic E-state index is -0.979. The second-order valence-electron chi connectivity index (χ2n) is 6.35. The van der Waals surface area contributed by atoms with E-state index in [1.165, 1.54) is 0 Å². The van der Waals surface area contributed by atoms with Gasteiger partial charge in [0, 0.05) is 31.2 Å². The van der Waals surface area contributed by atoms with E-state index in [1.807, 2.05) is 11.8 Å². The number of fused-ring (bicyclic) bond motifs is 1. The van der Waals surface area contributed by atoms with Gasteiger partial charge in [0.25, 0.3) is 0 Å². The van der Waals surface area contributed by atoms with E-state index in [0.29, 0.717) is 32.1 Å². The van der Waals surface area contributed by atoms with Crippen LogP contribution in [0.2, 0.25) is 0 Å². The molecule has 2 aliphatic heterocycles. The number of amides is 1. The van der Waals surface area contributed by atoms with Crippen LogP contribution in [0.25, 0.3) is 0 Å². The molecular weight excluding hydrogens is 310 g/mol. The zero-order valence-electron chi connectivity index (χ0n) is 13.9.